The van der Waals surface area contributed by atoms with Crippen LogP contribution in [0, 0.1) is 5.41 Å². The summed E-state index contributed by atoms with van der Waals surface area (Å²) in [6.07, 6.45) is 6.43. The molecule has 0 unspecified atom stereocenters. The largest absolute Gasteiger partial charge is 0.477 e. The van der Waals surface area contributed by atoms with Gasteiger partial charge in [-0.3, -0.25) is 0 Å². The molecule has 2 rings (SSSR count). The van der Waals surface area contributed by atoms with E-state index >= 15 is 0 Å². The van der Waals surface area contributed by atoms with Gasteiger partial charge in [0.2, 0.25) is 5.95 Å². The summed E-state index contributed by atoms with van der Waals surface area (Å²) in [6, 6.07) is 1.39. The number of carboxylic acid groups (broad SMARTS) is 1. The Morgan fingerprint density at radius 1 is 1.53 bits per heavy atom. The molecule has 5 heteroatoms. The predicted molar refractivity (Wildman–Crippen MR) is 64.1 cm³/mol. The molecule has 0 radical (unpaired) electrons. The lowest BCUT2D eigenvalue weighted by molar-refractivity contribution is 0.0690. The first-order valence-corrected chi connectivity index (χ1v) is 5.89. The fraction of sp³-hybridized carbons (Fsp3) is 0.583. The third-order valence-electron chi connectivity index (χ3n) is 3.36. The summed E-state index contributed by atoms with van der Waals surface area (Å²) in [5.41, 5.74) is 0.321. The minimum absolute atomic E-state index is 0.0269. The first-order valence-electron chi connectivity index (χ1n) is 5.89. The van der Waals surface area contributed by atoms with E-state index in [0.717, 1.165) is 6.54 Å². The third-order valence-corrected chi connectivity index (χ3v) is 3.36. The van der Waals surface area contributed by atoms with Gasteiger partial charge in [0.25, 0.3) is 0 Å². The molecule has 2 N–H and O–H groups in total. The van der Waals surface area contributed by atoms with Crippen LogP contribution in [-0.2, 0) is 0 Å². The van der Waals surface area contributed by atoms with Crippen LogP contribution in [0.3, 0.4) is 0 Å². The third kappa shape index (κ3) is 2.93. The van der Waals surface area contributed by atoms with Crippen LogP contribution in [0.25, 0.3) is 0 Å². The molecular weight excluding hydrogens is 218 g/mol. The monoisotopic (exact) mass is 235 g/mol. The van der Waals surface area contributed by atoms with Gasteiger partial charge in [-0.1, -0.05) is 19.8 Å². The van der Waals surface area contributed by atoms with E-state index in [2.05, 4.69) is 22.2 Å². The van der Waals surface area contributed by atoms with E-state index in [1.54, 1.807) is 0 Å². The van der Waals surface area contributed by atoms with Crippen molar-refractivity contribution in [3.63, 3.8) is 0 Å². The smallest absolute Gasteiger partial charge is 0.354 e. The normalized spacial score (nSPS) is 17.9. The molecule has 1 aromatic rings. The van der Waals surface area contributed by atoms with E-state index < -0.39 is 5.97 Å². The zero-order valence-corrected chi connectivity index (χ0v) is 9.94. The summed E-state index contributed by atoms with van der Waals surface area (Å²) in [5, 5.41) is 12.0. The van der Waals surface area contributed by atoms with Crippen LogP contribution in [-0.4, -0.2) is 27.6 Å². The number of carbonyl (C=O) groups is 1. The topological polar surface area (TPSA) is 75.1 Å². The fourth-order valence-electron chi connectivity index (χ4n) is 2.26. The molecule has 92 valence electrons. The molecule has 0 amide bonds. The van der Waals surface area contributed by atoms with Crippen molar-refractivity contribution in [3.8, 4) is 0 Å². The van der Waals surface area contributed by atoms with Crippen LogP contribution in [0.5, 0.6) is 0 Å². The number of rotatable bonds is 4. The number of anilines is 1. The lowest BCUT2D eigenvalue weighted by Gasteiger charge is -2.23. The lowest BCUT2D eigenvalue weighted by atomic mass is 9.89. The number of nitrogens with zero attached hydrogens (tertiary/aromatic N) is 2. The van der Waals surface area contributed by atoms with E-state index in [1.165, 1.54) is 37.9 Å². The van der Waals surface area contributed by atoms with E-state index in [1.807, 2.05) is 0 Å². The second-order valence-corrected chi connectivity index (χ2v) is 4.94. The maximum atomic E-state index is 10.8. The van der Waals surface area contributed by atoms with Gasteiger partial charge in [0.05, 0.1) is 0 Å². The molecular formula is C12H17N3O2. The molecule has 1 fully saturated rings. The van der Waals surface area contributed by atoms with Crippen molar-refractivity contribution >= 4 is 11.9 Å². The average molecular weight is 235 g/mol. The molecule has 1 saturated carbocycles. The van der Waals surface area contributed by atoms with Gasteiger partial charge in [0.1, 0.15) is 0 Å². The maximum Gasteiger partial charge on any atom is 0.354 e. The van der Waals surface area contributed by atoms with Crippen LogP contribution in [0.1, 0.15) is 43.1 Å². The molecule has 17 heavy (non-hydrogen) atoms. The zero-order valence-electron chi connectivity index (χ0n) is 9.94. The molecule has 0 saturated heterocycles. The molecule has 0 bridgehead atoms. The van der Waals surface area contributed by atoms with Crippen LogP contribution in [0.4, 0.5) is 5.95 Å². The van der Waals surface area contributed by atoms with Crippen molar-refractivity contribution in [3.05, 3.63) is 18.0 Å². The van der Waals surface area contributed by atoms with Gasteiger partial charge >= 0.3 is 5.97 Å². The van der Waals surface area contributed by atoms with Gasteiger partial charge < -0.3 is 10.4 Å². The van der Waals surface area contributed by atoms with Crippen molar-refractivity contribution in [1.82, 2.24) is 9.97 Å². The van der Waals surface area contributed by atoms with Crippen LogP contribution >= 0.6 is 0 Å². The Morgan fingerprint density at radius 2 is 2.24 bits per heavy atom. The molecule has 0 spiro atoms. The second kappa shape index (κ2) is 4.69. The maximum absolute atomic E-state index is 10.8. The minimum Gasteiger partial charge on any atom is -0.477 e. The SMILES string of the molecule is CC1(CNc2nccc(C(=O)O)n2)CCCC1. The summed E-state index contributed by atoms with van der Waals surface area (Å²) >= 11 is 0. The van der Waals surface area contributed by atoms with Crippen molar-refractivity contribution < 1.29 is 9.90 Å². The highest BCUT2D eigenvalue weighted by molar-refractivity contribution is 5.85. The van der Waals surface area contributed by atoms with Crippen molar-refractivity contribution in [2.24, 2.45) is 5.41 Å². The van der Waals surface area contributed by atoms with Gasteiger partial charge in [-0.15, -0.1) is 0 Å². The van der Waals surface area contributed by atoms with Gasteiger partial charge in [-0.05, 0) is 24.3 Å². The van der Waals surface area contributed by atoms with Gasteiger partial charge in [-0.25, -0.2) is 14.8 Å². The lowest BCUT2D eigenvalue weighted by Crippen LogP contribution is -2.24. The van der Waals surface area contributed by atoms with Gasteiger partial charge in [0.15, 0.2) is 5.69 Å². The van der Waals surface area contributed by atoms with Gasteiger partial charge in [0, 0.05) is 12.7 Å². The quantitative estimate of drug-likeness (QED) is 0.836. The van der Waals surface area contributed by atoms with E-state index in [9.17, 15) is 4.79 Å². The standard InChI is InChI=1S/C12H17N3O2/c1-12(5-2-3-6-12)8-14-11-13-7-4-9(15-11)10(16)17/h4,7H,2-3,5-6,8H2,1H3,(H,16,17)(H,13,14,15). The predicted octanol–water partition coefficient (Wildman–Crippen LogP) is 2.17. The molecule has 1 aliphatic rings. The van der Waals surface area contributed by atoms with Crippen molar-refractivity contribution in [2.45, 2.75) is 32.6 Å². The number of hydrogen-bond donors (Lipinski definition) is 2. The Morgan fingerprint density at radius 3 is 2.88 bits per heavy atom. The average Bonchev–Trinajstić information content (AvgIpc) is 2.75. The van der Waals surface area contributed by atoms with E-state index in [-0.39, 0.29) is 5.69 Å². The zero-order chi connectivity index (χ0) is 12.3. The molecule has 1 aromatic heterocycles. The van der Waals surface area contributed by atoms with Gasteiger partial charge in [-0.2, -0.15) is 0 Å². The summed E-state index contributed by atoms with van der Waals surface area (Å²) in [7, 11) is 0. The summed E-state index contributed by atoms with van der Waals surface area (Å²) in [6.45, 7) is 3.05. The van der Waals surface area contributed by atoms with Crippen molar-refractivity contribution in [2.75, 3.05) is 11.9 Å². The first-order chi connectivity index (χ1) is 8.09. The summed E-state index contributed by atoms with van der Waals surface area (Å²) in [5.74, 6) is -0.624. The Balaban J connectivity index is 1.99. The highest BCUT2D eigenvalue weighted by Crippen LogP contribution is 2.37. The van der Waals surface area contributed by atoms with E-state index in [0.29, 0.717) is 11.4 Å². The Hall–Kier alpha value is -1.65. The number of nitrogens with one attached hydrogen (secondary N) is 1. The molecule has 0 aliphatic heterocycles. The summed E-state index contributed by atoms with van der Waals surface area (Å²) < 4.78 is 0. The number of aromatic nitrogens is 2. The van der Waals surface area contributed by atoms with Crippen LogP contribution in [0.15, 0.2) is 12.3 Å². The Kier molecular flexibility index (Phi) is 3.26. The number of aromatic carboxylic acids is 1. The highest BCUT2D eigenvalue weighted by Gasteiger charge is 2.28. The minimum atomic E-state index is -1.03. The molecule has 1 aliphatic carbocycles. The fourth-order valence-corrected chi connectivity index (χ4v) is 2.26. The number of carboxylic acids is 1. The van der Waals surface area contributed by atoms with Crippen LogP contribution in [0.2, 0.25) is 0 Å². The van der Waals surface area contributed by atoms with Crippen LogP contribution < -0.4 is 5.32 Å². The molecule has 0 aromatic carbocycles. The highest BCUT2D eigenvalue weighted by atomic mass is 16.4. The summed E-state index contributed by atoms with van der Waals surface area (Å²) in [4.78, 5) is 18.7. The molecule has 5 nitrogen and oxygen atoms in total. The number of hydrogen-bond acceptors (Lipinski definition) is 4. The van der Waals surface area contributed by atoms with E-state index in [4.69, 9.17) is 5.11 Å². The van der Waals surface area contributed by atoms with Crippen molar-refractivity contribution in [1.29, 1.82) is 0 Å². The Bertz CT molecular complexity index is 414. The second-order valence-electron chi connectivity index (χ2n) is 4.94. The molecule has 0 atom stereocenters. The Labute approximate surface area is 100 Å². The first kappa shape index (κ1) is 11.8. The molecule has 1 heterocycles.